The van der Waals surface area contributed by atoms with E-state index in [-0.39, 0.29) is 12.0 Å². The number of aliphatic hydroxyl groups excluding tert-OH is 1. The van der Waals surface area contributed by atoms with Crippen LogP contribution in [0.1, 0.15) is 19.4 Å². The number of rotatable bonds is 5. The Kier molecular flexibility index (Phi) is 5.26. The molecule has 0 amide bonds. The van der Waals surface area contributed by atoms with Crippen molar-refractivity contribution < 1.29 is 9.84 Å². The van der Waals surface area contributed by atoms with E-state index < -0.39 is 6.10 Å². The lowest BCUT2D eigenvalue weighted by Gasteiger charge is -2.25. The van der Waals surface area contributed by atoms with Crippen molar-refractivity contribution in [1.29, 1.82) is 0 Å². The third-order valence-corrected chi connectivity index (χ3v) is 3.06. The zero-order chi connectivity index (χ0) is 12.1. The first kappa shape index (κ1) is 13.5. The fourth-order valence-electron chi connectivity index (χ4n) is 1.88. The second-order valence-corrected chi connectivity index (χ2v) is 4.71. The van der Waals surface area contributed by atoms with Crippen molar-refractivity contribution in [2.75, 3.05) is 7.11 Å². The van der Waals surface area contributed by atoms with Gasteiger partial charge in [0.1, 0.15) is 0 Å². The predicted octanol–water partition coefficient (Wildman–Crippen LogP) is 2.91. The Bertz CT molecular complexity index is 325. The molecule has 0 heterocycles. The highest BCUT2D eigenvalue weighted by Gasteiger charge is 2.22. The van der Waals surface area contributed by atoms with Gasteiger partial charge < -0.3 is 9.84 Å². The monoisotopic (exact) mass is 242 g/mol. The summed E-state index contributed by atoms with van der Waals surface area (Å²) in [6, 6.07) is 7.57. The molecule has 90 valence electrons. The molecule has 1 aromatic carbocycles. The number of hydrogen-bond acceptors (Lipinski definition) is 2. The molecule has 0 saturated heterocycles. The van der Waals surface area contributed by atoms with Crippen molar-refractivity contribution in [2.24, 2.45) is 5.92 Å². The predicted molar refractivity (Wildman–Crippen MR) is 66.8 cm³/mol. The summed E-state index contributed by atoms with van der Waals surface area (Å²) in [7, 11) is 1.63. The third-order valence-electron chi connectivity index (χ3n) is 2.70. The van der Waals surface area contributed by atoms with E-state index in [9.17, 15) is 5.11 Å². The molecule has 0 aliphatic rings. The van der Waals surface area contributed by atoms with Crippen LogP contribution < -0.4 is 0 Å². The van der Waals surface area contributed by atoms with E-state index in [1.54, 1.807) is 7.11 Å². The molecule has 2 atom stereocenters. The van der Waals surface area contributed by atoms with Gasteiger partial charge in [-0.15, -0.1) is 0 Å². The number of ether oxygens (including phenoxy) is 1. The quantitative estimate of drug-likeness (QED) is 0.860. The fraction of sp³-hybridized carbons (Fsp3) is 0.538. The molecule has 0 aromatic heterocycles. The maximum absolute atomic E-state index is 10.1. The van der Waals surface area contributed by atoms with Crippen molar-refractivity contribution in [2.45, 2.75) is 32.5 Å². The summed E-state index contributed by atoms with van der Waals surface area (Å²) in [6.07, 6.45) is -0.155. The third kappa shape index (κ3) is 3.48. The highest BCUT2D eigenvalue weighted by atomic mass is 35.5. The Balaban J connectivity index is 2.70. The summed E-state index contributed by atoms with van der Waals surface area (Å²) < 4.78 is 5.29. The van der Waals surface area contributed by atoms with Crippen LogP contribution in [0.3, 0.4) is 0 Å². The van der Waals surface area contributed by atoms with Crippen molar-refractivity contribution in [1.82, 2.24) is 0 Å². The molecule has 2 unspecified atom stereocenters. The Labute approximate surface area is 102 Å². The number of halogens is 1. The number of hydrogen-bond donors (Lipinski definition) is 1. The van der Waals surface area contributed by atoms with Crippen molar-refractivity contribution in [3.63, 3.8) is 0 Å². The molecule has 0 spiro atoms. The minimum atomic E-state index is -0.523. The maximum Gasteiger partial charge on any atom is 0.0856 e. The van der Waals surface area contributed by atoms with E-state index in [0.29, 0.717) is 11.4 Å². The molecule has 3 heteroatoms. The van der Waals surface area contributed by atoms with Crippen molar-refractivity contribution >= 4 is 11.6 Å². The molecular formula is C13H19ClO2. The van der Waals surface area contributed by atoms with Gasteiger partial charge in [-0.3, -0.25) is 0 Å². The fourth-order valence-corrected chi connectivity index (χ4v) is 2.09. The molecule has 16 heavy (non-hydrogen) atoms. The molecule has 1 aromatic rings. The summed E-state index contributed by atoms with van der Waals surface area (Å²) in [5.41, 5.74) is 0.958. The second kappa shape index (κ2) is 6.24. The summed E-state index contributed by atoms with van der Waals surface area (Å²) in [5.74, 6) is 0.280. The molecule has 0 radical (unpaired) electrons. The lowest BCUT2D eigenvalue weighted by molar-refractivity contribution is -0.0367. The standard InChI is InChI=1S/C13H19ClO2/c1-9(2)13(16-3)12(15)8-10-6-4-5-7-11(10)14/h4-7,9,12-13,15H,8H2,1-3H3. The molecule has 1 rings (SSSR count). The summed E-state index contributed by atoms with van der Waals surface area (Å²) in [6.45, 7) is 4.06. The highest BCUT2D eigenvalue weighted by molar-refractivity contribution is 6.31. The van der Waals surface area contributed by atoms with Gasteiger partial charge >= 0.3 is 0 Å². The first-order chi connectivity index (χ1) is 7.56. The van der Waals surface area contributed by atoms with Crippen LogP contribution in [0.4, 0.5) is 0 Å². The average Bonchev–Trinajstić information content (AvgIpc) is 2.22. The first-order valence-corrected chi connectivity index (χ1v) is 5.88. The molecule has 0 saturated carbocycles. The minimum Gasteiger partial charge on any atom is -0.390 e. The van der Waals surface area contributed by atoms with E-state index in [1.807, 2.05) is 38.1 Å². The van der Waals surface area contributed by atoms with Crippen LogP contribution in [-0.2, 0) is 11.2 Å². The van der Waals surface area contributed by atoms with Gasteiger partial charge in [0.15, 0.2) is 0 Å². The van der Waals surface area contributed by atoms with Crippen LogP contribution in [0.15, 0.2) is 24.3 Å². The normalized spacial score (nSPS) is 15.1. The molecule has 0 aliphatic heterocycles. The SMILES string of the molecule is COC(C(C)C)C(O)Cc1ccccc1Cl. The van der Waals surface area contributed by atoms with Gasteiger partial charge in [0.25, 0.3) is 0 Å². The van der Waals surface area contributed by atoms with Crippen LogP contribution >= 0.6 is 11.6 Å². The van der Waals surface area contributed by atoms with Crippen LogP contribution in [0.25, 0.3) is 0 Å². The zero-order valence-electron chi connectivity index (χ0n) is 9.98. The van der Waals surface area contributed by atoms with Gasteiger partial charge in [0.2, 0.25) is 0 Å². The molecular weight excluding hydrogens is 224 g/mol. The van der Waals surface area contributed by atoms with E-state index in [1.165, 1.54) is 0 Å². The first-order valence-electron chi connectivity index (χ1n) is 5.50. The average molecular weight is 243 g/mol. The Hall–Kier alpha value is -0.570. The van der Waals surface area contributed by atoms with E-state index in [4.69, 9.17) is 16.3 Å². The lowest BCUT2D eigenvalue weighted by Crippen LogP contribution is -2.34. The summed E-state index contributed by atoms with van der Waals surface area (Å²) in [4.78, 5) is 0. The van der Waals surface area contributed by atoms with E-state index in [0.717, 1.165) is 5.56 Å². The van der Waals surface area contributed by atoms with Crippen LogP contribution in [0.2, 0.25) is 5.02 Å². The number of methoxy groups -OCH3 is 1. The maximum atomic E-state index is 10.1. The largest absolute Gasteiger partial charge is 0.390 e. The molecule has 0 aliphatic carbocycles. The van der Waals surface area contributed by atoms with Crippen molar-refractivity contribution in [3.8, 4) is 0 Å². The van der Waals surface area contributed by atoms with Gasteiger partial charge in [-0.2, -0.15) is 0 Å². The molecule has 0 fully saturated rings. The smallest absolute Gasteiger partial charge is 0.0856 e. The van der Waals surface area contributed by atoms with E-state index >= 15 is 0 Å². The number of aliphatic hydroxyl groups is 1. The van der Waals surface area contributed by atoms with E-state index in [2.05, 4.69) is 0 Å². The summed E-state index contributed by atoms with van der Waals surface area (Å²) >= 11 is 6.04. The van der Waals surface area contributed by atoms with Gasteiger partial charge in [0, 0.05) is 18.6 Å². The molecule has 2 nitrogen and oxygen atoms in total. The van der Waals surface area contributed by atoms with Crippen LogP contribution in [-0.4, -0.2) is 24.4 Å². The Morgan fingerprint density at radius 1 is 1.31 bits per heavy atom. The van der Waals surface area contributed by atoms with Gasteiger partial charge in [-0.05, 0) is 17.5 Å². The molecule has 1 N–H and O–H groups in total. The zero-order valence-corrected chi connectivity index (χ0v) is 10.7. The van der Waals surface area contributed by atoms with Gasteiger partial charge in [-0.1, -0.05) is 43.6 Å². The summed E-state index contributed by atoms with van der Waals surface area (Å²) in [5, 5.41) is 10.8. The second-order valence-electron chi connectivity index (χ2n) is 4.31. The topological polar surface area (TPSA) is 29.5 Å². The van der Waals surface area contributed by atoms with Gasteiger partial charge in [-0.25, -0.2) is 0 Å². The number of benzene rings is 1. The Morgan fingerprint density at radius 2 is 1.94 bits per heavy atom. The van der Waals surface area contributed by atoms with Crippen LogP contribution in [0.5, 0.6) is 0 Å². The Morgan fingerprint density at radius 3 is 2.44 bits per heavy atom. The van der Waals surface area contributed by atoms with Gasteiger partial charge in [0.05, 0.1) is 12.2 Å². The van der Waals surface area contributed by atoms with Crippen molar-refractivity contribution in [3.05, 3.63) is 34.9 Å². The molecule has 0 bridgehead atoms. The van der Waals surface area contributed by atoms with Crippen LogP contribution in [0, 0.1) is 5.92 Å². The minimum absolute atomic E-state index is 0.156. The highest BCUT2D eigenvalue weighted by Crippen LogP contribution is 2.20. The lowest BCUT2D eigenvalue weighted by atomic mass is 9.96.